The first-order valence-electron chi connectivity index (χ1n) is 4.98. The minimum absolute atomic E-state index is 0.723. The highest BCUT2D eigenvalue weighted by Crippen LogP contribution is 2.15. The predicted molar refractivity (Wildman–Crippen MR) is 88.7 cm³/mol. The topological polar surface area (TPSA) is 26.0 Å². The van der Waals surface area contributed by atoms with Crippen LogP contribution < -0.4 is 5.73 Å². The summed E-state index contributed by atoms with van der Waals surface area (Å²) in [6.45, 7) is 0. The van der Waals surface area contributed by atoms with Crippen molar-refractivity contribution in [2.45, 2.75) is 0 Å². The molecule has 0 saturated heterocycles. The summed E-state index contributed by atoms with van der Waals surface area (Å²) in [5.41, 5.74) is 8.48. The van der Waals surface area contributed by atoms with Crippen molar-refractivity contribution >= 4 is 50.9 Å². The molecule has 3 heteroatoms. The molecular weight excluding hydrogens is 436 g/mol. The Labute approximate surface area is 128 Å². The molecule has 0 radical (unpaired) electrons. The molecule has 0 bridgehead atoms. The first-order valence-corrected chi connectivity index (χ1v) is 7.14. The van der Waals surface area contributed by atoms with Gasteiger partial charge < -0.3 is 5.73 Å². The fourth-order valence-electron chi connectivity index (χ4n) is 1.34. The third-order valence-electron chi connectivity index (χ3n) is 2.22. The van der Waals surface area contributed by atoms with Crippen LogP contribution in [0.25, 0.3) is 0 Å². The summed E-state index contributed by atoms with van der Waals surface area (Å²) in [4.78, 5) is 0. The van der Waals surface area contributed by atoms with Gasteiger partial charge in [0.25, 0.3) is 0 Å². The van der Waals surface area contributed by atoms with Gasteiger partial charge in [0.15, 0.2) is 0 Å². The van der Waals surface area contributed by atoms with E-state index in [1.807, 2.05) is 30.3 Å². The van der Waals surface area contributed by atoms with Crippen molar-refractivity contribution in [2.75, 3.05) is 5.73 Å². The van der Waals surface area contributed by atoms with Gasteiger partial charge in [-0.1, -0.05) is 24.0 Å². The van der Waals surface area contributed by atoms with Gasteiger partial charge in [-0.2, -0.15) is 0 Å². The van der Waals surface area contributed by atoms with E-state index in [0.717, 1.165) is 20.4 Å². The maximum Gasteiger partial charge on any atom is 0.0478 e. The van der Waals surface area contributed by atoms with E-state index >= 15 is 0 Å². The lowest BCUT2D eigenvalue weighted by atomic mass is 10.1. The van der Waals surface area contributed by atoms with Crippen molar-refractivity contribution in [1.29, 1.82) is 0 Å². The summed E-state index contributed by atoms with van der Waals surface area (Å²) in [7, 11) is 0. The number of hydrogen-bond acceptors (Lipinski definition) is 1. The van der Waals surface area contributed by atoms with Crippen LogP contribution >= 0.6 is 45.2 Å². The molecule has 84 valence electrons. The SMILES string of the molecule is Nc1ccccc1C#Cc1ccc(I)cc1I. The standard InChI is InChI=1S/C14H9I2N/c15-12-8-7-10(13(16)9-12)5-6-11-3-1-2-4-14(11)17/h1-4,7-9H,17H2. The van der Waals surface area contributed by atoms with Crippen LogP contribution in [0.4, 0.5) is 5.69 Å². The quantitative estimate of drug-likeness (QED) is 0.372. The number of nitrogens with two attached hydrogens (primary N) is 1. The summed E-state index contributed by atoms with van der Waals surface area (Å²) >= 11 is 4.59. The Kier molecular flexibility index (Phi) is 4.29. The average Bonchev–Trinajstić information content (AvgIpc) is 2.30. The Bertz CT molecular complexity index is 609. The number of nitrogen functional groups attached to an aromatic ring is 1. The highest BCUT2D eigenvalue weighted by Gasteiger charge is 1.97. The summed E-state index contributed by atoms with van der Waals surface area (Å²) < 4.78 is 2.38. The molecule has 1 nitrogen and oxygen atoms in total. The van der Waals surface area contributed by atoms with E-state index in [9.17, 15) is 0 Å². The molecule has 0 unspecified atom stereocenters. The second-order valence-electron chi connectivity index (χ2n) is 3.46. The molecule has 0 aromatic heterocycles. The number of halogens is 2. The maximum absolute atomic E-state index is 5.84. The van der Waals surface area contributed by atoms with Crippen molar-refractivity contribution < 1.29 is 0 Å². The fourth-order valence-corrected chi connectivity index (χ4v) is 3.07. The molecule has 2 aromatic carbocycles. The number of rotatable bonds is 0. The minimum Gasteiger partial charge on any atom is -0.398 e. The van der Waals surface area contributed by atoms with Crippen molar-refractivity contribution in [3.63, 3.8) is 0 Å². The molecule has 0 amide bonds. The van der Waals surface area contributed by atoms with Crippen molar-refractivity contribution in [3.8, 4) is 11.8 Å². The van der Waals surface area contributed by atoms with Crippen LogP contribution in [0.2, 0.25) is 0 Å². The molecular formula is C14H9I2N. The van der Waals surface area contributed by atoms with E-state index in [4.69, 9.17) is 5.73 Å². The van der Waals surface area contributed by atoms with Gasteiger partial charge in [0.05, 0.1) is 0 Å². The number of benzene rings is 2. The first kappa shape index (κ1) is 12.7. The Morgan fingerprint density at radius 2 is 1.59 bits per heavy atom. The third-order valence-corrected chi connectivity index (χ3v) is 3.79. The largest absolute Gasteiger partial charge is 0.398 e. The van der Waals surface area contributed by atoms with Crippen molar-refractivity contribution in [2.24, 2.45) is 0 Å². The molecule has 0 fully saturated rings. The van der Waals surface area contributed by atoms with Gasteiger partial charge in [0, 0.05) is 24.0 Å². The molecule has 0 atom stereocenters. The van der Waals surface area contributed by atoms with Crippen LogP contribution in [0.5, 0.6) is 0 Å². The Balaban J connectivity index is 2.37. The lowest BCUT2D eigenvalue weighted by Crippen LogP contribution is -1.89. The normalized spacial score (nSPS) is 9.53. The van der Waals surface area contributed by atoms with E-state index in [0.29, 0.717) is 0 Å². The van der Waals surface area contributed by atoms with E-state index in [1.165, 1.54) is 3.57 Å². The molecule has 0 spiro atoms. The average molecular weight is 445 g/mol. The molecule has 0 aliphatic carbocycles. The van der Waals surface area contributed by atoms with Gasteiger partial charge in [-0.05, 0) is 75.5 Å². The zero-order chi connectivity index (χ0) is 12.3. The van der Waals surface area contributed by atoms with Crippen LogP contribution in [0.1, 0.15) is 11.1 Å². The summed E-state index contributed by atoms with van der Waals surface area (Å²) in [5, 5.41) is 0. The van der Waals surface area contributed by atoms with Crippen molar-refractivity contribution in [3.05, 3.63) is 60.7 Å². The lowest BCUT2D eigenvalue weighted by molar-refractivity contribution is 1.54. The monoisotopic (exact) mass is 445 g/mol. The smallest absolute Gasteiger partial charge is 0.0478 e. The Hall–Kier alpha value is -0.740. The second kappa shape index (κ2) is 5.74. The van der Waals surface area contributed by atoms with E-state index in [1.54, 1.807) is 0 Å². The lowest BCUT2D eigenvalue weighted by Gasteiger charge is -1.98. The van der Waals surface area contributed by atoms with Crippen LogP contribution in [-0.4, -0.2) is 0 Å². The Morgan fingerprint density at radius 3 is 2.29 bits per heavy atom. The molecule has 2 aromatic rings. The van der Waals surface area contributed by atoms with Gasteiger partial charge in [0.2, 0.25) is 0 Å². The fraction of sp³-hybridized carbons (Fsp3) is 0. The zero-order valence-corrected chi connectivity index (χ0v) is 13.2. The molecule has 2 rings (SSSR count). The molecule has 2 N–H and O–H groups in total. The minimum atomic E-state index is 0.723. The summed E-state index contributed by atoms with van der Waals surface area (Å²) in [6.07, 6.45) is 0. The first-order chi connectivity index (χ1) is 8.16. The highest BCUT2D eigenvalue weighted by molar-refractivity contribution is 14.1. The zero-order valence-electron chi connectivity index (χ0n) is 8.87. The van der Waals surface area contributed by atoms with Gasteiger partial charge >= 0.3 is 0 Å². The van der Waals surface area contributed by atoms with Crippen LogP contribution in [-0.2, 0) is 0 Å². The maximum atomic E-state index is 5.84. The second-order valence-corrected chi connectivity index (χ2v) is 5.87. The highest BCUT2D eigenvalue weighted by atomic mass is 127. The third kappa shape index (κ3) is 3.36. The van der Waals surface area contributed by atoms with E-state index in [-0.39, 0.29) is 0 Å². The van der Waals surface area contributed by atoms with Crippen LogP contribution in [0.3, 0.4) is 0 Å². The molecule has 17 heavy (non-hydrogen) atoms. The summed E-state index contributed by atoms with van der Waals surface area (Å²) in [6, 6.07) is 13.9. The van der Waals surface area contributed by atoms with Crippen LogP contribution in [0, 0.1) is 19.0 Å². The molecule has 0 heterocycles. The van der Waals surface area contributed by atoms with Gasteiger partial charge in [-0.15, -0.1) is 0 Å². The van der Waals surface area contributed by atoms with E-state index in [2.05, 4.69) is 69.2 Å². The molecule has 0 aliphatic rings. The van der Waals surface area contributed by atoms with Gasteiger partial charge in [-0.25, -0.2) is 0 Å². The molecule has 0 saturated carbocycles. The Morgan fingerprint density at radius 1 is 0.882 bits per heavy atom. The van der Waals surface area contributed by atoms with Crippen LogP contribution in [0.15, 0.2) is 42.5 Å². The van der Waals surface area contributed by atoms with Gasteiger partial charge in [-0.3, -0.25) is 0 Å². The van der Waals surface area contributed by atoms with E-state index < -0.39 is 0 Å². The predicted octanol–water partition coefficient (Wildman–Crippen LogP) is 3.88. The number of para-hydroxylation sites is 1. The van der Waals surface area contributed by atoms with Gasteiger partial charge in [0.1, 0.15) is 0 Å². The number of hydrogen-bond donors (Lipinski definition) is 1. The number of anilines is 1. The summed E-state index contributed by atoms with van der Waals surface area (Å²) in [5.74, 6) is 6.26. The molecule has 0 aliphatic heterocycles. The van der Waals surface area contributed by atoms with Crippen molar-refractivity contribution in [1.82, 2.24) is 0 Å².